The molecule has 1 aliphatic rings. The molecular weight excluding hydrogens is 285 g/mol. The van der Waals surface area contributed by atoms with Crippen molar-refractivity contribution >= 4 is 40.5 Å². The van der Waals surface area contributed by atoms with Gasteiger partial charge in [0, 0.05) is 5.69 Å². The second-order valence-electron chi connectivity index (χ2n) is 4.71. The second-order valence-corrected chi connectivity index (χ2v) is 5.52. The van der Waals surface area contributed by atoms with Gasteiger partial charge < -0.3 is 11.1 Å². The number of hydrogen-bond donors (Lipinski definition) is 2. The van der Waals surface area contributed by atoms with Gasteiger partial charge in [0.25, 0.3) is 0 Å². The molecule has 6 heteroatoms. The Hall–Kier alpha value is -1.44. The molecule has 0 aliphatic heterocycles. The van der Waals surface area contributed by atoms with E-state index in [9.17, 15) is 10.1 Å². The minimum atomic E-state index is -0.930. The van der Waals surface area contributed by atoms with E-state index in [4.69, 9.17) is 28.9 Å². The Morgan fingerprint density at radius 3 is 2.32 bits per heavy atom. The van der Waals surface area contributed by atoms with E-state index in [0.717, 1.165) is 12.8 Å². The minimum absolute atomic E-state index is 0.275. The van der Waals surface area contributed by atoms with Crippen molar-refractivity contribution in [3.63, 3.8) is 0 Å². The largest absolute Gasteiger partial charge is 0.396 e. The fourth-order valence-electron chi connectivity index (χ4n) is 2.28. The predicted molar refractivity (Wildman–Crippen MR) is 76.0 cm³/mol. The molecule has 2 rings (SSSR count). The van der Waals surface area contributed by atoms with Crippen molar-refractivity contribution in [1.82, 2.24) is 0 Å². The van der Waals surface area contributed by atoms with Crippen molar-refractivity contribution in [3.8, 4) is 6.07 Å². The van der Waals surface area contributed by atoms with Crippen molar-refractivity contribution in [2.75, 3.05) is 11.1 Å². The number of benzene rings is 1. The molecule has 0 bridgehead atoms. The summed E-state index contributed by atoms with van der Waals surface area (Å²) in [5, 5.41) is 12.5. The SMILES string of the molecule is N#CC1(C(=O)Nc2cc(Cl)c(N)c(Cl)c2)CCCC1. The third-order valence-corrected chi connectivity index (χ3v) is 4.07. The molecule has 0 radical (unpaired) electrons. The number of nitriles is 1. The maximum atomic E-state index is 12.2. The average molecular weight is 298 g/mol. The van der Waals surface area contributed by atoms with E-state index in [0.29, 0.717) is 18.5 Å². The number of amides is 1. The van der Waals surface area contributed by atoms with Crippen LogP contribution in [0.25, 0.3) is 0 Å². The number of halogens is 2. The number of hydrogen-bond acceptors (Lipinski definition) is 3. The third kappa shape index (κ3) is 2.63. The minimum Gasteiger partial charge on any atom is -0.396 e. The summed E-state index contributed by atoms with van der Waals surface area (Å²) in [7, 11) is 0. The van der Waals surface area contributed by atoms with Crippen molar-refractivity contribution < 1.29 is 4.79 Å². The standard InChI is InChI=1S/C13H13Cl2N3O/c14-9-5-8(6-10(15)11(9)17)18-12(19)13(7-16)3-1-2-4-13/h5-6H,1-4,17H2,(H,18,19). The highest BCUT2D eigenvalue weighted by Gasteiger charge is 2.41. The maximum Gasteiger partial charge on any atom is 0.244 e. The first-order valence-electron chi connectivity index (χ1n) is 5.96. The number of anilines is 2. The number of nitrogens with zero attached hydrogens (tertiary/aromatic N) is 1. The van der Waals surface area contributed by atoms with Gasteiger partial charge in [-0.05, 0) is 25.0 Å². The van der Waals surface area contributed by atoms with E-state index >= 15 is 0 Å². The monoisotopic (exact) mass is 297 g/mol. The van der Waals surface area contributed by atoms with Gasteiger partial charge in [0.05, 0.1) is 21.8 Å². The van der Waals surface area contributed by atoms with Crippen molar-refractivity contribution in [3.05, 3.63) is 22.2 Å². The lowest BCUT2D eigenvalue weighted by Crippen LogP contribution is -2.32. The van der Waals surface area contributed by atoms with E-state index in [1.54, 1.807) is 0 Å². The van der Waals surface area contributed by atoms with Gasteiger partial charge in [-0.15, -0.1) is 0 Å². The molecule has 1 aromatic rings. The first-order chi connectivity index (χ1) is 8.98. The molecule has 1 saturated carbocycles. The molecule has 0 spiro atoms. The highest BCUT2D eigenvalue weighted by Crippen LogP contribution is 2.39. The van der Waals surface area contributed by atoms with Crippen LogP contribution in [0.4, 0.5) is 11.4 Å². The van der Waals surface area contributed by atoms with Gasteiger partial charge in [-0.3, -0.25) is 4.79 Å². The molecule has 0 unspecified atom stereocenters. The van der Waals surface area contributed by atoms with Crippen LogP contribution in [0.1, 0.15) is 25.7 Å². The van der Waals surface area contributed by atoms with Crippen LogP contribution < -0.4 is 11.1 Å². The summed E-state index contributed by atoms with van der Waals surface area (Å²) < 4.78 is 0. The normalized spacial score (nSPS) is 16.9. The number of carbonyl (C=O) groups excluding carboxylic acids is 1. The topological polar surface area (TPSA) is 78.9 Å². The Bertz CT molecular complexity index is 536. The van der Waals surface area contributed by atoms with Crippen molar-refractivity contribution in [1.29, 1.82) is 5.26 Å². The number of carbonyl (C=O) groups is 1. The van der Waals surface area contributed by atoms with Crippen LogP contribution in [0.5, 0.6) is 0 Å². The Morgan fingerprint density at radius 1 is 1.32 bits per heavy atom. The van der Waals surface area contributed by atoms with E-state index in [-0.39, 0.29) is 21.6 Å². The molecule has 4 nitrogen and oxygen atoms in total. The van der Waals surface area contributed by atoms with Crippen molar-refractivity contribution in [2.24, 2.45) is 5.41 Å². The molecule has 1 amide bonds. The zero-order chi connectivity index (χ0) is 14.0. The molecule has 1 aliphatic carbocycles. The fourth-order valence-corrected chi connectivity index (χ4v) is 2.76. The summed E-state index contributed by atoms with van der Waals surface area (Å²) in [5.74, 6) is -0.301. The highest BCUT2D eigenvalue weighted by atomic mass is 35.5. The van der Waals surface area contributed by atoms with Crippen molar-refractivity contribution in [2.45, 2.75) is 25.7 Å². The number of nitrogen functional groups attached to an aromatic ring is 1. The lowest BCUT2D eigenvalue weighted by molar-refractivity contribution is -0.122. The van der Waals surface area contributed by atoms with E-state index in [2.05, 4.69) is 11.4 Å². The highest BCUT2D eigenvalue weighted by molar-refractivity contribution is 6.39. The number of nitrogens with one attached hydrogen (secondary N) is 1. The fraction of sp³-hybridized carbons (Fsp3) is 0.385. The molecule has 100 valence electrons. The first-order valence-corrected chi connectivity index (χ1v) is 6.71. The number of rotatable bonds is 2. The third-order valence-electron chi connectivity index (χ3n) is 3.44. The Labute approximate surface area is 121 Å². The van der Waals surface area contributed by atoms with Crippen LogP contribution in [-0.2, 0) is 4.79 Å². The van der Waals surface area contributed by atoms with Gasteiger partial charge in [0.2, 0.25) is 5.91 Å². The van der Waals surface area contributed by atoms with Gasteiger partial charge in [0.15, 0.2) is 0 Å². The molecule has 19 heavy (non-hydrogen) atoms. The molecular formula is C13H13Cl2N3O. The summed E-state index contributed by atoms with van der Waals surface area (Å²) in [6.45, 7) is 0. The summed E-state index contributed by atoms with van der Waals surface area (Å²) in [5.41, 5.74) is 5.43. The summed E-state index contributed by atoms with van der Waals surface area (Å²) in [4.78, 5) is 12.2. The first kappa shape index (κ1) is 14.0. The Kier molecular flexibility index (Phi) is 3.88. The van der Waals surface area contributed by atoms with Gasteiger partial charge in [-0.25, -0.2) is 0 Å². The van der Waals surface area contributed by atoms with E-state index in [1.165, 1.54) is 12.1 Å². The summed E-state index contributed by atoms with van der Waals surface area (Å²) in [6, 6.07) is 5.19. The molecule has 0 aromatic heterocycles. The molecule has 3 N–H and O–H groups in total. The van der Waals surface area contributed by atoms with Gasteiger partial charge in [-0.1, -0.05) is 36.0 Å². The van der Waals surface area contributed by atoms with Gasteiger partial charge in [-0.2, -0.15) is 5.26 Å². The van der Waals surface area contributed by atoms with Gasteiger partial charge in [0.1, 0.15) is 5.41 Å². The zero-order valence-electron chi connectivity index (χ0n) is 10.2. The van der Waals surface area contributed by atoms with Crippen LogP contribution in [0.2, 0.25) is 10.0 Å². The molecule has 0 saturated heterocycles. The smallest absolute Gasteiger partial charge is 0.244 e. The van der Waals surface area contributed by atoms with Crippen LogP contribution in [-0.4, -0.2) is 5.91 Å². The van der Waals surface area contributed by atoms with Crippen LogP contribution in [0.3, 0.4) is 0 Å². The molecule has 0 atom stereocenters. The summed E-state index contributed by atoms with van der Waals surface area (Å²) >= 11 is 11.8. The maximum absolute atomic E-state index is 12.2. The Morgan fingerprint density at radius 2 is 1.84 bits per heavy atom. The molecule has 1 fully saturated rings. The molecule has 1 aromatic carbocycles. The molecule has 0 heterocycles. The Balaban J connectivity index is 2.22. The van der Waals surface area contributed by atoms with Crippen LogP contribution in [0.15, 0.2) is 12.1 Å². The van der Waals surface area contributed by atoms with Crippen LogP contribution in [0, 0.1) is 16.7 Å². The second kappa shape index (κ2) is 5.28. The van der Waals surface area contributed by atoms with E-state index in [1.807, 2.05) is 0 Å². The summed E-state index contributed by atoms with van der Waals surface area (Å²) in [6.07, 6.45) is 2.96. The predicted octanol–water partition coefficient (Wildman–Crippen LogP) is 3.60. The lowest BCUT2D eigenvalue weighted by atomic mass is 9.87. The lowest BCUT2D eigenvalue weighted by Gasteiger charge is -2.19. The van der Waals surface area contributed by atoms with Gasteiger partial charge >= 0.3 is 0 Å². The zero-order valence-corrected chi connectivity index (χ0v) is 11.7. The quantitative estimate of drug-likeness (QED) is 0.819. The number of nitrogens with two attached hydrogens (primary N) is 1. The van der Waals surface area contributed by atoms with E-state index < -0.39 is 5.41 Å². The van der Waals surface area contributed by atoms with Crippen LogP contribution >= 0.6 is 23.2 Å². The average Bonchev–Trinajstić information content (AvgIpc) is 2.85.